The highest BCUT2D eigenvalue weighted by atomic mass is 32.2. The highest BCUT2D eigenvalue weighted by Gasteiger charge is 2.35. The SMILES string of the molecule is Cc1oc(C)c(S(=O)(=O)N2CCSC(C)(C)CC2)c1CO. The van der Waals surface area contributed by atoms with Crippen molar-refractivity contribution in [1.29, 1.82) is 0 Å². The molecule has 1 fully saturated rings. The molecule has 1 saturated heterocycles. The van der Waals surface area contributed by atoms with Gasteiger partial charge in [-0.3, -0.25) is 0 Å². The first-order valence-electron chi connectivity index (χ1n) is 7.03. The molecule has 5 nitrogen and oxygen atoms in total. The van der Waals surface area contributed by atoms with E-state index in [1.54, 1.807) is 25.6 Å². The minimum absolute atomic E-state index is 0.0887. The fourth-order valence-corrected chi connectivity index (χ4v) is 5.66. The molecule has 1 aromatic heterocycles. The van der Waals surface area contributed by atoms with Crippen LogP contribution in [0.2, 0.25) is 0 Å². The van der Waals surface area contributed by atoms with Gasteiger partial charge < -0.3 is 9.52 Å². The van der Waals surface area contributed by atoms with Gasteiger partial charge in [0.15, 0.2) is 0 Å². The molecule has 1 aliphatic rings. The van der Waals surface area contributed by atoms with Crippen molar-refractivity contribution in [3.63, 3.8) is 0 Å². The molecule has 7 heteroatoms. The van der Waals surface area contributed by atoms with Crippen LogP contribution in [0.25, 0.3) is 0 Å². The van der Waals surface area contributed by atoms with Crippen LogP contribution in [-0.4, -0.2) is 41.4 Å². The van der Waals surface area contributed by atoms with Crippen LogP contribution in [-0.2, 0) is 16.6 Å². The summed E-state index contributed by atoms with van der Waals surface area (Å²) in [4.78, 5) is 0.146. The zero-order valence-corrected chi connectivity index (χ0v) is 14.6. The Balaban J connectivity index is 2.39. The number of rotatable bonds is 3. The monoisotopic (exact) mass is 333 g/mol. The molecular formula is C14H23NO4S2. The quantitative estimate of drug-likeness (QED) is 0.919. The molecule has 0 radical (unpaired) electrons. The molecule has 120 valence electrons. The second-order valence-electron chi connectivity index (χ2n) is 5.94. The predicted octanol–water partition coefficient (Wildman–Crippen LogP) is 2.29. The maximum Gasteiger partial charge on any atom is 0.246 e. The van der Waals surface area contributed by atoms with Crippen LogP contribution in [0.3, 0.4) is 0 Å². The Labute approximate surface area is 130 Å². The maximum absolute atomic E-state index is 12.9. The highest BCUT2D eigenvalue weighted by Crippen LogP contribution is 2.34. The van der Waals surface area contributed by atoms with Crippen LogP contribution in [0.4, 0.5) is 0 Å². The fraction of sp³-hybridized carbons (Fsp3) is 0.714. The number of aliphatic hydroxyl groups is 1. The average Bonchev–Trinajstić information content (AvgIpc) is 2.54. The van der Waals surface area contributed by atoms with Crippen LogP contribution in [0.1, 0.15) is 37.4 Å². The highest BCUT2D eigenvalue weighted by molar-refractivity contribution is 8.00. The van der Waals surface area contributed by atoms with E-state index in [0.29, 0.717) is 30.2 Å². The number of sulfonamides is 1. The van der Waals surface area contributed by atoms with E-state index in [-0.39, 0.29) is 16.2 Å². The molecular weight excluding hydrogens is 310 g/mol. The first-order valence-corrected chi connectivity index (χ1v) is 9.45. The van der Waals surface area contributed by atoms with E-state index in [9.17, 15) is 13.5 Å². The predicted molar refractivity (Wildman–Crippen MR) is 84.0 cm³/mol. The molecule has 0 saturated carbocycles. The Hall–Kier alpha value is -0.500. The van der Waals surface area contributed by atoms with Gasteiger partial charge in [0.25, 0.3) is 0 Å². The smallest absolute Gasteiger partial charge is 0.246 e. The van der Waals surface area contributed by atoms with Crippen LogP contribution in [0, 0.1) is 13.8 Å². The summed E-state index contributed by atoms with van der Waals surface area (Å²) in [7, 11) is -3.62. The topological polar surface area (TPSA) is 70.8 Å². The van der Waals surface area contributed by atoms with E-state index in [1.165, 1.54) is 4.31 Å². The lowest BCUT2D eigenvalue weighted by Gasteiger charge is -2.22. The molecule has 0 aromatic carbocycles. The van der Waals surface area contributed by atoms with Crippen LogP contribution in [0.15, 0.2) is 9.31 Å². The van der Waals surface area contributed by atoms with Crippen molar-refractivity contribution in [3.8, 4) is 0 Å². The van der Waals surface area contributed by atoms with E-state index in [0.717, 1.165) is 12.2 Å². The molecule has 0 bridgehead atoms. The van der Waals surface area contributed by atoms with E-state index in [4.69, 9.17) is 4.42 Å². The minimum atomic E-state index is -3.62. The molecule has 0 unspecified atom stereocenters. The lowest BCUT2D eigenvalue weighted by Crippen LogP contribution is -2.34. The largest absolute Gasteiger partial charge is 0.465 e. The molecule has 0 aliphatic carbocycles. The Morgan fingerprint density at radius 1 is 1.29 bits per heavy atom. The summed E-state index contributed by atoms with van der Waals surface area (Å²) in [5, 5.41) is 9.47. The summed E-state index contributed by atoms with van der Waals surface area (Å²) in [5.74, 6) is 1.60. The van der Waals surface area contributed by atoms with Crippen molar-refractivity contribution in [3.05, 3.63) is 17.1 Å². The number of aryl methyl sites for hydroxylation is 2. The number of thioether (sulfide) groups is 1. The Morgan fingerprint density at radius 3 is 2.57 bits per heavy atom. The van der Waals surface area contributed by atoms with Gasteiger partial charge in [0, 0.05) is 29.2 Å². The molecule has 1 aromatic rings. The molecule has 1 N–H and O–H groups in total. The summed E-state index contributed by atoms with van der Waals surface area (Å²) >= 11 is 1.80. The van der Waals surface area contributed by atoms with E-state index in [2.05, 4.69) is 13.8 Å². The van der Waals surface area contributed by atoms with Crippen molar-refractivity contribution in [2.24, 2.45) is 0 Å². The summed E-state index contributed by atoms with van der Waals surface area (Å²) < 4.78 is 32.8. The summed E-state index contributed by atoms with van der Waals surface area (Å²) in [6.07, 6.45) is 0.807. The number of furan rings is 1. The average molecular weight is 333 g/mol. The summed E-state index contributed by atoms with van der Waals surface area (Å²) in [5.41, 5.74) is 0.378. The van der Waals surface area contributed by atoms with Gasteiger partial charge in [0.2, 0.25) is 10.0 Å². The van der Waals surface area contributed by atoms with Gasteiger partial charge >= 0.3 is 0 Å². The van der Waals surface area contributed by atoms with E-state index >= 15 is 0 Å². The van der Waals surface area contributed by atoms with Crippen molar-refractivity contribution in [1.82, 2.24) is 4.31 Å². The first kappa shape index (κ1) is 16.9. The van der Waals surface area contributed by atoms with Gasteiger partial charge in [0.1, 0.15) is 16.4 Å². The minimum Gasteiger partial charge on any atom is -0.465 e. The van der Waals surface area contributed by atoms with Crippen molar-refractivity contribution in [2.45, 2.75) is 50.4 Å². The van der Waals surface area contributed by atoms with Crippen LogP contribution < -0.4 is 0 Å². The van der Waals surface area contributed by atoms with Gasteiger partial charge in [-0.1, -0.05) is 13.8 Å². The van der Waals surface area contributed by atoms with Crippen LogP contribution >= 0.6 is 11.8 Å². The van der Waals surface area contributed by atoms with Gasteiger partial charge in [-0.25, -0.2) is 8.42 Å². The molecule has 1 aliphatic heterocycles. The first-order chi connectivity index (χ1) is 9.69. The van der Waals surface area contributed by atoms with Gasteiger partial charge in [-0.2, -0.15) is 16.1 Å². The van der Waals surface area contributed by atoms with Crippen molar-refractivity contribution >= 4 is 21.8 Å². The molecule has 2 heterocycles. The summed E-state index contributed by atoms with van der Waals surface area (Å²) in [6.45, 7) is 8.25. The molecule has 2 rings (SSSR count). The molecule has 0 atom stereocenters. The molecule has 0 amide bonds. The molecule has 0 spiro atoms. The third-order valence-corrected chi connectivity index (χ3v) is 7.34. The third kappa shape index (κ3) is 3.31. The lowest BCUT2D eigenvalue weighted by atomic mass is 10.1. The molecule has 21 heavy (non-hydrogen) atoms. The number of hydrogen-bond donors (Lipinski definition) is 1. The van der Waals surface area contributed by atoms with E-state index < -0.39 is 10.0 Å². The number of nitrogens with zero attached hydrogens (tertiary/aromatic N) is 1. The Bertz CT molecular complexity index is 619. The Morgan fingerprint density at radius 2 is 1.95 bits per heavy atom. The van der Waals surface area contributed by atoms with E-state index in [1.807, 2.05) is 0 Å². The van der Waals surface area contributed by atoms with Crippen molar-refractivity contribution < 1.29 is 17.9 Å². The number of aliphatic hydroxyl groups excluding tert-OH is 1. The van der Waals surface area contributed by atoms with Gasteiger partial charge in [-0.15, -0.1) is 0 Å². The fourth-order valence-electron chi connectivity index (χ4n) is 2.60. The second kappa shape index (κ2) is 5.95. The van der Waals surface area contributed by atoms with Crippen LogP contribution in [0.5, 0.6) is 0 Å². The standard InChI is InChI=1S/C14H23NO4S2/c1-10-12(9-16)13(11(2)19-10)21(17,18)15-6-5-14(3,4)20-8-7-15/h16H,5-9H2,1-4H3. The maximum atomic E-state index is 12.9. The van der Waals surface area contributed by atoms with Crippen molar-refractivity contribution in [2.75, 3.05) is 18.8 Å². The summed E-state index contributed by atoms with van der Waals surface area (Å²) in [6, 6.07) is 0. The Kier molecular flexibility index (Phi) is 4.78. The third-order valence-electron chi connectivity index (χ3n) is 3.88. The second-order valence-corrected chi connectivity index (χ2v) is 9.62. The van der Waals surface area contributed by atoms with Gasteiger partial charge in [-0.05, 0) is 20.3 Å². The zero-order valence-electron chi connectivity index (χ0n) is 13.0. The lowest BCUT2D eigenvalue weighted by molar-refractivity contribution is 0.276. The number of hydrogen-bond acceptors (Lipinski definition) is 5. The van der Waals surface area contributed by atoms with Gasteiger partial charge in [0.05, 0.1) is 6.61 Å². The normalized spacial score (nSPS) is 20.4. The zero-order chi connectivity index (χ0) is 15.8.